The molecule has 0 aliphatic heterocycles. The lowest BCUT2D eigenvalue weighted by atomic mass is 10.2. The van der Waals surface area contributed by atoms with Crippen LogP contribution < -0.4 is 4.72 Å². The van der Waals surface area contributed by atoms with Crippen molar-refractivity contribution in [1.82, 2.24) is 4.72 Å². The fourth-order valence-electron chi connectivity index (χ4n) is 1.50. The van der Waals surface area contributed by atoms with Crippen LogP contribution in [0.5, 0.6) is 0 Å². The first-order valence-electron chi connectivity index (χ1n) is 5.69. The van der Waals surface area contributed by atoms with Crippen molar-refractivity contribution in [3.8, 4) is 0 Å². The Bertz CT molecular complexity index is 599. The van der Waals surface area contributed by atoms with Crippen LogP contribution in [0.2, 0.25) is 0 Å². The molecule has 0 saturated heterocycles. The summed E-state index contributed by atoms with van der Waals surface area (Å²) in [6.07, 6.45) is 0.294. The number of hydrogen-bond donors (Lipinski definition) is 1. The molecule has 7 heteroatoms. The second-order valence-electron chi connectivity index (χ2n) is 4.19. The van der Waals surface area contributed by atoms with Crippen molar-refractivity contribution in [2.24, 2.45) is 0 Å². The van der Waals surface area contributed by atoms with E-state index in [1.807, 2.05) is 6.92 Å². The van der Waals surface area contributed by atoms with Gasteiger partial charge in [0, 0.05) is 15.4 Å². The zero-order chi connectivity index (χ0) is 14.8. The number of carbonyl (C=O) groups excluding carboxylic acids is 1. The smallest absolute Gasteiger partial charge is 0.242 e. The van der Waals surface area contributed by atoms with Gasteiger partial charge in [0.2, 0.25) is 10.0 Å². The molecular formula is C12H15Br2NO3S. The number of carbonyl (C=O) groups is 1. The first-order chi connectivity index (χ1) is 8.69. The van der Waals surface area contributed by atoms with Crippen molar-refractivity contribution in [3.63, 3.8) is 0 Å². The molecular weight excluding hydrogens is 398 g/mol. The third-order valence-corrected chi connectivity index (χ3v) is 6.02. The quantitative estimate of drug-likeness (QED) is 0.807. The Labute approximate surface area is 130 Å². The van der Waals surface area contributed by atoms with Crippen molar-refractivity contribution in [2.45, 2.75) is 38.1 Å². The molecule has 0 bridgehead atoms. The topological polar surface area (TPSA) is 63.2 Å². The molecule has 0 aliphatic carbocycles. The second-order valence-corrected chi connectivity index (χ2v) is 7.59. The van der Waals surface area contributed by atoms with Crippen molar-refractivity contribution >= 4 is 47.7 Å². The predicted octanol–water partition coefficient (Wildman–Crippen LogP) is 3.17. The molecule has 0 saturated carbocycles. The third kappa shape index (κ3) is 4.11. The molecule has 4 nitrogen and oxygen atoms in total. The molecule has 1 unspecified atom stereocenters. The summed E-state index contributed by atoms with van der Waals surface area (Å²) in [7, 11) is -3.73. The first-order valence-corrected chi connectivity index (χ1v) is 8.76. The van der Waals surface area contributed by atoms with Gasteiger partial charge in [-0.2, -0.15) is 0 Å². The SMILES string of the molecule is CCC(=O)C(C)NS(=O)(=O)c1cc(Br)c(C)cc1Br. The van der Waals surface area contributed by atoms with Crippen LogP contribution in [0, 0.1) is 6.92 Å². The average Bonchev–Trinajstić information content (AvgIpc) is 2.31. The van der Waals surface area contributed by atoms with Crippen molar-refractivity contribution in [1.29, 1.82) is 0 Å². The lowest BCUT2D eigenvalue weighted by Gasteiger charge is -2.14. The molecule has 106 valence electrons. The molecule has 19 heavy (non-hydrogen) atoms. The maximum atomic E-state index is 12.2. The molecule has 1 atom stereocenters. The van der Waals surface area contributed by atoms with Crippen LogP contribution in [-0.2, 0) is 14.8 Å². The van der Waals surface area contributed by atoms with E-state index < -0.39 is 16.1 Å². The highest BCUT2D eigenvalue weighted by Gasteiger charge is 2.23. The third-order valence-electron chi connectivity index (χ3n) is 2.67. The summed E-state index contributed by atoms with van der Waals surface area (Å²) in [6, 6.07) is 2.50. The van der Waals surface area contributed by atoms with E-state index >= 15 is 0 Å². The van der Waals surface area contributed by atoms with E-state index in [2.05, 4.69) is 36.6 Å². The van der Waals surface area contributed by atoms with E-state index in [-0.39, 0.29) is 10.7 Å². The number of ketones is 1. The van der Waals surface area contributed by atoms with Crippen LogP contribution in [0.15, 0.2) is 26.0 Å². The summed E-state index contributed by atoms with van der Waals surface area (Å²) in [5.41, 5.74) is 0.920. The fraction of sp³-hybridized carbons (Fsp3) is 0.417. The summed E-state index contributed by atoms with van der Waals surface area (Å²) in [4.78, 5) is 11.6. The number of benzene rings is 1. The van der Waals surface area contributed by atoms with Gasteiger partial charge in [0.05, 0.1) is 10.9 Å². The molecule has 0 radical (unpaired) electrons. The Morgan fingerprint density at radius 3 is 2.42 bits per heavy atom. The summed E-state index contributed by atoms with van der Waals surface area (Å²) < 4.78 is 28.0. The van der Waals surface area contributed by atoms with Gasteiger partial charge >= 0.3 is 0 Å². The molecule has 1 rings (SSSR count). The lowest BCUT2D eigenvalue weighted by molar-refractivity contribution is -0.119. The predicted molar refractivity (Wildman–Crippen MR) is 81.7 cm³/mol. The standard InChI is InChI=1S/C12H15Br2NO3S/c1-4-11(16)8(3)15-19(17,18)12-6-9(13)7(2)5-10(12)14/h5-6,8,15H,4H2,1-3H3. The van der Waals surface area contributed by atoms with Crippen LogP contribution in [0.25, 0.3) is 0 Å². The van der Waals surface area contributed by atoms with Crippen LogP contribution in [0.4, 0.5) is 0 Å². The van der Waals surface area contributed by atoms with Gasteiger partial charge in [-0.05, 0) is 47.5 Å². The van der Waals surface area contributed by atoms with Crippen molar-refractivity contribution < 1.29 is 13.2 Å². The molecule has 1 aromatic rings. The van der Waals surface area contributed by atoms with Crippen LogP contribution >= 0.6 is 31.9 Å². The zero-order valence-corrected chi connectivity index (χ0v) is 14.8. The van der Waals surface area contributed by atoms with Gasteiger partial charge in [-0.25, -0.2) is 13.1 Å². The molecule has 0 aliphatic rings. The minimum absolute atomic E-state index is 0.112. The van der Waals surface area contributed by atoms with E-state index in [1.54, 1.807) is 19.9 Å². The van der Waals surface area contributed by atoms with Gasteiger partial charge < -0.3 is 0 Å². The molecule has 1 N–H and O–H groups in total. The van der Waals surface area contributed by atoms with Gasteiger partial charge in [0.15, 0.2) is 0 Å². The Morgan fingerprint density at radius 2 is 1.89 bits per heavy atom. The maximum absolute atomic E-state index is 12.2. The van der Waals surface area contributed by atoms with Gasteiger partial charge in [-0.1, -0.05) is 22.9 Å². The summed E-state index contributed by atoms with van der Waals surface area (Å²) >= 11 is 6.54. The Morgan fingerprint density at radius 1 is 1.32 bits per heavy atom. The minimum Gasteiger partial charge on any atom is -0.298 e. The van der Waals surface area contributed by atoms with Crippen LogP contribution in [-0.4, -0.2) is 20.2 Å². The highest BCUT2D eigenvalue weighted by Crippen LogP contribution is 2.28. The van der Waals surface area contributed by atoms with Gasteiger partial charge in [0.1, 0.15) is 5.78 Å². The normalized spacial score (nSPS) is 13.3. The van der Waals surface area contributed by atoms with E-state index in [0.29, 0.717) is 15.4 Å². The number of sulfonamides is 1. The molecule has 0 fully saturated rings. The van der Waals surface area contributed by atoms with Crippen LogP contribution in [0.3, 0.4) is 0 Å². The lowest BCUT2D eigenvalue weighted by Crippen LogP contribution is -2.38. The molecule has 1 aromatic carbocycles. The fourth-order valence-corrected chi connectivity index (χ4v) is 4.41. The summed E-state index contributed by atoms with van der Waals surface area (Å²) in [5.74, 6) is -0.147. The van der Waals surface area contributed by atoms with E-state index in [4.69, 9.17) is 0 Å². The summed E-state index contributed by atoms with van der Waals surface area (Å²) in [6.45, 7) is 5.11. The number of hydrogen-bond acceptors (Lipinski definition) is 3. The van der Waals surface area contributed by atoms with Gasteiger partial charge in [-0.15, -0.1) is 0 Å². The number of Topliss-reactive ketones (excluding diaryl/α,β-unsaturated/α-hetero) is 1. The first kappa shape index (κ1) is 16.8. The van der Waals surface area contributed by atoms with E-state index in [1.165, 1.54) is 6.07 Å². The van der Waals surface area contributed by atoms with E-state index in [9.17, 15) is 13.2 Å². The van der Waals surface area contributed by atoms with Crippen molar-refractivity contribution in [2.75, 3.05) is 0 Å². The molecule has 0 amide bonds. The zero-order valence-electron chi connectivity index (χ0n) is 10.8. The highest BCUT2D eigenvalue weighted by atomic mass is 79.9. The van der Waals surface area contributed by atoms with E-state index in [0.717, 1.165) is 5.56 Å². The number of rotatable bonds is 5. The maximum Gasteiger partial charge on any atom is 0.242 e. The Hall–Kier alpha value is -0.240. The minimum atomic E-state index is -3.73. The molecule has 0 spiro atoms. The Kier molecular flexibility index (Phi) is 5.73. The number of nitrogens with one attached hydrogen (secondary N) is 1. The van der Waals surface area contributed by atoms with Crippen molar-refractivity contribution in [3.05, 3.63) is 26.6 Å². The highest BCUT2D eigenvalue weighted by molar-refractivity contribution is 9.11. The number of halogens is 2. The molecule has 0 heterocycles. The second kappa shape index (κ2) is 6.47. The van der Waals surface area contributed by atoms with Gasteiger partial charge in [-0.3, -0.25) is 4.79 Å². The monoisotopic (exact) mass is 411 g/mol. The average molecular weight is 413 g/mol. The summed E-state index contributed by atoms with van der Waals surface area (Å²) in [5, 5.41) is 0. The number of aryl methyl sites for hydroxylation is 1. The molecule has 0 aromatic heterocycles. The Balaban J connectivity index is 3.14. The largest absolute Gasteiger partial charge is 0.298 e. The van der Waals surface area contributed by atoms with Gasteiger partial charge in [0.25, 0.3) is 0 Å². The van der Waals surface area contributed by atoms with Crippen LogP contribution in [0.1, 0.15) is 25.8 Å².